The molecule has 1 heterocycles. The maximum absolute atomic E-state index is 12.3. The molecule has 134 valence electrons. The van der Waals surface area contributed by atoms with Crippen LogP contribution in [0.4, 0.5) is 4.79 Å². The number of rotatable bonds is 4. The maximum Gasteiger partial charge on any atom is 0.410 e. The lowest BCUT2D eigenvalue weighted by Crippen LogP contribution is -2.43. The second-order valence-corrected chi connectivity index (χ2v) is 8.71. The highest BCUT2D eigenvalue weighted by molar-refractivity contribution is 5.68. The Hall–Kier alpha value is -0.770. The van der Waals surface area contributed by atoms with E-state index in [1.54, 1.807) is 0 Å². The molecule has 0 aromatic heterocycles. The predicted octanol–water partition coefficient (Wildman–Crippen LogP) is 4.19. The third-order valence-electron chi connectivity index (χ3n) is 5.32. The molecule has 1 saturated heterocycles. The number of amides is 1. The molecule has 4 heteroatoms. The van der Waals surface area contributed by atoms with E-state index in [0.29, 0.717) is 12.1 Å². The number of nitrogens with one attached hydrogen (secondary N) is 1. The molecule has 0 aromatic rings. The van der Waals surface area contributed by atoms with Crippen molar-refractivity contribution in [3.05, 3.63) is 0 Å². The van der Waals surface area contributed by atoms with Gasteiger partial charge in [0.1, 0.15) is 5.60 Å². The third-order valence-corrected chi connectivity index (χ3v) is 5.32. The van der Waals surface area contributed by atoms with Crippen molar-refractivity contribution in [3.8, 4) is 0 Å². The zero-order valence-electron chi connectivity index (χ0n) is 15.7. The summed E-state index contributed by atoms with van der Waals surface area (Å²) in [4.78, 5) is 14.3. The van der Waals surface area contributed by atoms with Crippen molar-refractivity contribution >= 4 is 6.09 Å². The van der Waals surface area contributed by atoms with E-state index in [0.717, 1.165) is 44.2 Å². The topological polar surface area (TPSA) is 41.6 Å². The summed E-state index contributed by atoms with van der Waals surface area (Å²) in [6, 6.07) is 0.998. The molecule has 23 heavy (non-hydrogen) atoms. The van der Waals surface area contributed by atoms with Crippen LogP contribution in [0.5, 0.6) is 0 Å². The molecule has 0 spiro atoms. The Morgan fingerprint density at radius 1 is 1.22 bits per heavy atom. The van der Waals surface area contributed by atoms with Crippen LogP contribution < -0.4 is 5.32 Å². The van der Waals surface area contributed by atoms with Crippen molar-refractivity contribution in [2.45, 2.75) is 90.8 Å². The van der Waals surface area contributed by atoms with Gasteiger partial charge in [-0.25, -0.2) is 4.79 Å². The molecule has 1 N–H and O–H groups in total. The molecule has 4 nitrogen and oxygen atoms in total. The lowest BCUT2D eigenvalue weighted by Gasteiger charge is -2.34. The van der Waals surface area contributed by atoms with E-state index in [1.807, 2.05) is 25.7 Å². The minimum absolute atomic E-state index is 0.139. The van der Waals surface area contributed by atoms with Crippen LogP contribution in [0.1, 0.15) is 73.1 Å². The Morgan fingerprint density at radius 2 is 1.96 bits per heavy atom. The number of carbonyl (C=O) groups excluding carboxylic acids is 1. The Labute approximate surface area is 142 Å². The SMILES string of the molecule is CC1CCC(NCCC2CCCN2C(=O)OC(C)(C)C)C(C)C1. The Morgan fingerprint density at radius 3 is 2.61 bits per heavy atom. The van der Waals surface area contributed by atoms with Crippen LogP contribution in [-0.2, 0) is 4.74 Å². The van der Waals surface area contributed by atoms with Crippen LogP contribution in [0.25, 0.3) is 0 Å². The van der Waals surface area contributed by atoms with Gasteiger partial charge in [-0.1, -0.05) is 13.8 Å². The number of hydrogen-bond donors (Lipinski definition) is 1. The molecule has 0 bridgehead atoms. The summed E-state index contributed by atoms with van der Waals surface area (Å²) >= 11 is 0. The molecule has 1 amide bonds. The second-order valence-electron chi connectivity index (χ2n) is 8.71. The van der Waals surface area contributed by atoms with E-state index in [-0.39, 0.29) is 6.09 Å². The van der Waals surface area contributed by atoms with Gasteiger partial charge in [-0.15, -0.1) is 0 Å². The van der Waals surface area contributed by atoms with Crippen molar-refractivity contribution in [2.75, 3.05) is 13.1 Å². The fourth-order valence-electron chi connectivity index (χ4n) is 4.10. The normalized spacial score (nSPS) is 32.1. The average Bonchev–Trinajstić information content (AvgIpc) is 2.88. The highest BCUT2D eigenvalue weighted by atomic mass is 16.6. The quantitative estimate of drug-likeness (QED) is 0.843. The number of nitrogens with zero attached hydrogens (tertiary/aromatic N) is 1. The predicted molar refractivity (Wildman–Crippen MR) is 94.5 cm³/mol. The van der Waals surface area contributed by atoms with Crippen LogP contribution in [0.15, 0.2) is 0 Å². The van der Waals surface area contributed by atoms with Crippen LogP contribution in [0.3, 0.4) is 0 Å². The summed E-state index contributed by atoms with van der Waals surface area (Å²) in [5, 5.41) is 3.75. The van der Waals surface area contributed by atoms with Crippen LogP contribution >= 0.6 is 0 Å². The molecule has 2 aliphatic rings. The molecule has 1 saturated carbocycles. The van der Waals surface area contributed by atoms with Gasteiger partial charge in [0.2, 0.25) is 0 Å². The summed E-state index contributed by atoms with van der Waals surface area (Å²) in [5.74, 6) is 1.64. The van der Waals surface area contributed by atoms with E-state index in [1.165, 1.54) is 19.3 Å². The highest BCUT2D eigenvalue weighted by Gasteiger charge is 2.32. The van der Waals surface area contributed by atoms with E-state index >= 15 is 0 Å². The first-order valence-electron chi connectivity index (χ1n) is 9.49. The van der Waals surface area contributed by atoms with Crippen LogP contribution in [0.2, 0.25) is 0 Å². The monoisotopic (exact) mass is 324 g/mol. The first kappa shape index (κ1) is 18.6. The van der Waals surface area contributed by atoms with E-state index in [9.17, 15) is 4.79 Å². The molecule has 0 radical (unpaired) electrons. The van der Waals surface area contributed by atoms with E-state index in [4.69, 9.17) is 4.74 Å². The first-order valence-corrected chi connectivity index (χ1v) is 9.49. The molecular formula is C19H36N2O2. The standard InChI is InChI=1S/C19H36N2O2/c1-14-8-9-17(15(2)13-14)20-11-10-16-7-6-12-21(16)18(22)23-19(3,4)5/h14-17,20H,6-13H2,1-5H3. The van der Waals surface area contributed by atoms with Crippen molar-refractivity contribution in [1.29, 1.82) is 0 Å². The fourth-order valence-corrected chi connectivity index (χ4v) is 4.10. The van der Waals surface area contributed by atoms with Crippen molar-refractivity contribution in [3.63, 3.8) is 0 Å². The number of hydrogen-bond acceptors (Lipinski definition) is 3. The third kappa shape index (κ3) is 5.66. The summed E-state index contributed by atoms with van der Waals surface area (Å²) < 4.78 is 5.54. The molecule has 0 aromatic carbocycles. The molecule has 4 unspecified atom stereocenters. The summed E-state index contributed by atoms with van der Waals surface area (Å²) in [6.45, 7) is 12.4. The van der Waals surface area contributed by atoms with Gasteiger partial charge in [-0.2, -0.15) is 0 Å². The van der Waals surface area contributed by atoms with Gasteiger partial charge in [0.25, 0.3) is 0 Å². The van der Waals surface area contributed by atoms with Crippen LogP contribution in [-0.4, -0.2) is 41.8 Å². The Bertz CT molecular complexity index is 391. The van der Waals surface area contributed by atoms with E-state index in [2.05, 4.69) is 19.2 Å². The summed E-state index contributed by atoms with van der Waals surface area (Å²) in [5.41, 5.74) is -0.406. The molecule has 1 aliphatic carbocycles. The summed E-state index contributed by atoms with van der Waals surface area (Å²) in [7, 11) is 0. The number of likely N-dealkylation sites (tertiary alicyclic amines) is 1. The Balaban J connectivity index is 1.75. The average molecular weight is 325 g/mol. The smallest absolute Gasteiger partial charge is 0.410 e. The van der Waals surface area contributed by atoms with Crippen LogP contribution in [0, 0.1) is 11.8 Å². The van der Waals surface area contributed by atoms with Crippen molar-refractivity contribution in [2.24, 2.45) is 11.8 Å². The van der Waals surface area contributed by atoms with Gasteiger partial charge in [0, 0.05) is 18.6 Å². The molecule has 1 aliphatic heterocycles. The highest BCUT2D eigenvalue weighted by Crippen LogP contribution is 2.29. The van der Waals surface area contributed by atoms with Gasteiger partial charge < -0.3 is 15.0 Å². The van der Waals surface area contributed by atoms with Gasteiger partial charge >= 0.3 is 6.09 Å². The zero-order valence-corrected chi connectivity index (χ0v) is 15.7. The van der Waals surface area contributed by atoms with Gasteiger partial charge in [0.05, 0.1) is 0 Å². The minimum atomic E-state index is -0.406. The molecular weight excluding hydrogens is 288 g/mol. The second kappa shape index (κ2) is 7.87. The Kier molecular flexibility index (Phi) is 6.35. The molecule has 2 fully saturated rings. The van der Waals surface area contributed by atoms with Crippen molar-refractivity contribution in [1.82, 2.24) is 10.2 Å². The lowest BCUT2D eigenvalue weighted by molar-refractivity contribution is 0.0219. The molecule has 4 atom stereocenters. The first-order chi connectivity index (χ1) is 10.8. The lowest BCUT2D eigenvalue weighted by atomic mass is 9.80. The zero-order chi connectivity index (χ0) is 17.0. The van der Waals surface area contributed by atoms with Crippen molar-refractivity contribution < 1.29 is 9.53 Å². The summed E-state index contributed by atoms with van der Waals surface area (Å²) in [6.07, 6.45) is 7.08. The minimum Gasteiger partial charge on any atom is -0.444 e. The fraction of sp³-hybridized carbons (Fsp3) is 0.947. The van der Waals surface area contributed by atoms with Gasteiger partial charge in [-0.05, 0) is 77.7 Å². The largest absolute Gasteiger partial charge is 0.444 e. The van der Waals surface area contributed by atoms with Gasteiger partial charge in [-0.3, -0.25) is 0 Å². The number of ether oxygens (including phenoxy) is 1. The molecule has 2 rings (SSSR count). The number of carbonyl (C=O) groups is 1. The van der Waals surface area contributed by atoms with E-state index < -0.39 is 5.60 Å². The maximum atomic E-state index is 12.3. The van der Waals surface area contributed by atoms with Gasteiger partial charge in [0.15, 0.2) is 0 Å².